The maximum absolute atomic E-state index is 12.6. The Kier molecular flexibility index (Phi) is 8.81. The summed E-state index contributed by atoms with van der Waals surface area (Å²) < 4.78 is 42.4. The molecule has 1 saturated heterocycles. The molecule has 1 aliphatic rings. The lowest BCUT2D eigenvalue weighted by molar-refractivity contribution is -0.119. The number of amides is 1. The zero-order valence-electron chi connectivity index (χ0n) is 18.5. The van der Waals surface area contributed by atoms with E-state index in [0.29, 0.717) is 49.9 Å². The van der Waals surface area contributed by atoms with E-state index in [1.807, 2.05) is 0 Å². The average molecular weight is 477 g/mol. The number of nitrogens with zero attached hydrogens (tertiary/aromatic N) is 1. The van der Waals surface area contributed by atoms with Gasteiger partial charge in [0.2, 0.25) is 10.0 Å². The van der Waals surface area contributed by atoms with Crippen LogP contribution in [0, 0.1) is 0 Å². The van der Waals surface area contributed by atoms with E-state index in [1.165, 1.54) is 28.6 Å². The van der Waals surface area contributed by atoms with Gasteiger partial charge in [0, 0.05) is 18.8 Å². The molecule has 9 nitrogen and oxygen atoms in total. The molecule has 0 saturated carbocycles. The molecule has 10 heteroatoms. The van der Waals surface area contributed by atoms with Crippen molar-refractivity contribution >= 4 is 27.6 Å². The highest BCUT2D eigenvalue weighted by molar-refractivity contribution is 7.89. The summed E-state index contributed by atoms with van der Waals surface area (Å²) in [4.78, 5) is 24.4. The number of rotatable bonds is 10. The van der Waals surface area contributed by atoms with Crippen LogP contribution in [-0.2, 0) is 24.3 Å². The van der Waals surface area contributed by atoms with Crippen molar-refractivity contribution in [2.75, 3.05) is 44.8 Å². The summed E-state index contributed by atoms with van der Waals surface area (Å²) in [5, 5.41) is 2.58. The number of anilines is 1. The van der Waals surface area contributed by atoms with E-state index in [0.717, 1.165) is 12.8 Å². The molecule has 0 unspecified atom stereocenters. The molecule has 1 amide bonds. The molecule has 0 atom stereocenters. The first kappa shape index (κ1) is 24.7. The van der Waals surface area contributed by atoms with Crippen molar-refractivity contribution < 1.29 is 32.2 Å². The van der Waals surface area contributed by atoms with Crippen LogP contribution in [-0.4, -0.2) is 64.1 Å². The first-order valence-corrected chi connectivity index (χ1v) is 12.2. The molecule has 1 N–H and O–H groups in total. The number of unbranched alkanes of at least 4 members (excludes halogenated alkanes) is 1. The highest BCUT2D eigenvalue weighted by atomic mass is 32.2. The Bertz CT molecular complexity index is 1030. The van der Waals surface area contributed by atoms with E-state index in [4.69, 9.17) is 14.2 Å². The van der Waals surface area contributed by atoms with E-state index in [9.17, 15) is 18.0 Å². The van der Waals surface area contributed by atoms with Crippen LogP contribution in [0.5, 0.6) is 5.75 Å². The second-order valence-corrected chi connectivity index (χ2v) is 9.33. The number of esters is 1. The first-order valence-electron chi connectivity index (χ1n) is 10.8. The second-order valence-electron chi connectivity index (χ2n) is 7.39. The topological polar surface area (TPSA) is 111 Å². The van der Waals surface area contributed by atoms with Crippen LogP contribution in [0.4, 0.5) is 5.69 Å². The summed E-state index contributed by atoms with van der Waals surface area (Å²) in [5.41, 5.74) is 0.703. The smallest absolute Gasteiger partial charge is 0.338 e. The molecular weight excluding hydrogens is 448 g/mol. The molecule has 1 heterocycles. The van der Waals surface area contributed by atoms with Crippen molar-refractivity contribution in [3.05, 3.63) is 54.1 Å². The number of carbonyl (C=O) groups excluding carboxylic acids is 2. The number of ether oxygens (including phenoxy) is 3. The third kappa shape index (κ3) is 7.01. The summed E-state index contributed by atoms with van der Waals surface area (Å²) in [5.74, 6) is -0.499. The molecule has 0 aromatic heterocycles. The van der Waals surface area contributed by atoms with Gasteiger partial charge >= 0.3 is 5.97 Å². The molecule has 178 valence electrons. The normalized spacial score (nSPS) is 14.5. The Hall–Kier alpha value is -2.95. The SMILES string of the molecule is CCCCOc1ccc(C(=O)OCC(=O)Nc2ccc(S(=O)(=O)N3CCOCC3)cc2)cc1. The Morgan fingerprint density at radius 3 is 2.33 bits per heavy atom. The molecule has 0 spiro atoms. The number of sulfonamides is 1. The second kappa shape index (κ2) is 11.8. The molecule has 33 heavy (non-hydrogen) atoms. The van der Waals surface area contributed by atoms with Crippen molar-refractivity contribution in [3.8, 4) is 5.75 Å². The van der Waals surface area contributed by atoms with E-state index in [1.54, 1.807) is 24.3 Å². The Balaban J connectivity index is 1.48. The molecule has 0 aliphatic carbocycles. The van der Waals surface area contributed by atoms with Gasteiger partial charge in [-0.25, -0.2) is 13.2 Å². The molecule has 2 aromatic rings. The monoisotopic (exact) mass is 476 g/mol. The van der Waals surface area contributed by atoms with Crippen LogP contribution in [0.2, 0.25) is 0 Å². The molecule has 1 fully saturated rings. The number of morpholine rings is 1. The molecule has 1 aliphatic heterocycles. The highest BCUT2D eigenvalue weighted by Crippen LogP contribution is 2.19. The molecule has 0 radical (unpaired) electrons. The van der Waals surface area contributed by atoms with Crippen LogP contribution in [0.1, 0.15) is 30.1 Å². The Morgan fingerprint density at radius 2 is 1.70 bits per heavy atom. The van der Waals surface area contributed by atoms with Crippen LogP contribution >= 0.6 is 0 Å². The number of hydrogen-bond acceptors (Lipinski definition) is 7. The third-order valence-corrected chi connectivity index (χ3v) is 6.85. The average Bonchev–Trinajstić information content (AvgIpc) is 2.84. The minimum Gasteiger partial charge on any atom is -0.494 e. The number of benzene rings is 2. The van der Waals surface area contributed by atoms with Crippen LogP contribution in [0.15, 0.2) is 53.4 Å². The van der Waals surface area contributed by atoms with E-state index in [-0.39, 0.29) is 4.90 Å². The Labute approximate surface area is 193 Å². The van der Waals surface area contributed by atoms with Gasteiger partial charge < -0.3 is 19.5 Å². The van der Waals surface area contributed by atoms with Crippen molar-refractivity contribution in [1.29, 1.82) is 0 Å². The summed E-state index contributed by atoms with van der Waals surface area (Å²) in [7, 11) is -3.61. The molecule has 2 aromatic carbocycles. The quantitative estimate of drug-likeness (QED) is 0.415. The number of hydrogen-bond donors (Lipinski definition) is 1. The summed E-state index contributed by atoms with van der Waals surface area (Å²) in [6.07, 6.45) is 1.98. The lowest BCUT2D eigenvalue weighted by Gasteiger charge is -2.26. The van der Waals surface area contributed by atoms with Crippen molar-refractivity contribution in [2.45, 2.75) is 24.7 Å². The van der Waals surface area contributed by atoms with Gasteiger partial charge in [0.05, 0.1) is 30.3 Å². The fourth-order valence-electron chi connectivity index (χ4n) is 3.08. The third-order valence-electron chi connectivity index (χ3n) is 4.94. The largest absolute Gasteiger partial charge is 0.494 e. The van der Waals surface area contributed by atoms with Crippen molar-refractivity contribution in [3.63, 3.8) is 0 Å². The zero-order valence-corrected chi connectivity index (χ0v) is 19.3. The lowest BCUT2D eigenvalue weighted by Crippen LogP contribution is -2.40. The van der Waals surface area contributed by atoms with Gasteiger partial charge in [0.25, 0.3) is 5.91 Å². The molecule has 0 bridgehead atoms. The lowest BCUT2D eigenvalue weighted by atomic mass is 10.2. The van der Waals surface area contributed by atoms with Crippen molar-refractivity contribution in [2.24, 2.45) is 0 Å². The first-order chi connectivity index (χ1) is 15.9. The van der Waals surface area contributed by atoms with E-state index >= 15 is 0 Å². The van der Waals surface area contributed by atoms with E-state index < -0.39 is 28.5 Å². The predicted octanol–water partition coefficient (Wildman–Crippen LogP) is 2.68. The molecular formula is C23H28N2O7S. The van der Waals surface area contributed by atoms with Crippen LogP contribution < -0.4 is 10.1 Å². The maximum atomic E-state index is 12.6. The number of carbonyl (C=O) groups is 2. The van der Waals surface area contributed by atoms with Crippen LogP contribution in [0.25, 0.3) is 0 Å². The fourth-order valence-corrected chi connectivity index (χ4v) is 4.49. The van der Waals surface area contributed by atoms with Gasteiger partial charge in [-0.15, -0.1) is 0 Å². The number of nitrogens with one attached hydrogen (secondary N) is 1. The minimum atomic E-state index is -3.61. The van der Waals surface area contributed by atoms with Gasteiger partial charge in [-0.3, -0.25) is 4.79 Å². The van der Waals surface area contributed by atoms with Gasteiger partial charge in [-0.05, 0) is 55.0 Å². The summed E-state index contributed by atoms with van der Waals surface area (Å²) in [6.45, 7) is 3.56. The van der Waals surface area contributed by atoms with Gasteiger partial charge in [-0.1, -0.05) is 13.3 Å². The zero-order chi connectivity index (χ0) is 23.7. The summed E-state index contributed by atoms with van der Waals surface area (Å²) in [6, 6.07) is 12.4. The van der Waals surface area contributed by atoms with Gasteiger partial charge in [-0.2, -0.15) is 4.31 Å². The molecule has 3 rings (SSSR count). The standard InChI is InChI=1S/C23H28N2O7S/c1-2-3-14-31-20-8-4-18(5-9-20)23(27)32-17-22(26)24-19-6-10-21(11-7-19)33(28,29)25-12-15-30-16-13-25/h4-11H,2-3,12-17H2,1H3,(H,24,26). The van der Waals surface area contributed by atoms with Crippen molar-refractivity contribution in [1.82, 2.24) is 4.31 Å². The Morgan fingerprint density at radius 1 is 1.03 bits per heavy atom. The fraction of sp³-hybridized carbons (Fsp3) is 0.391. The van der Waals surface area contributed by atoms with Crippen LogP contribution in [0.3, 0.4) is 0 Å². The van der Waals surface area contributed by atoms with E-state index in [2.05, 4.69) is 12.2 Å². The van der Waals surface area contributed by atoms with Gasteiger partial charge in [0.15, 0.2) is 6.61 Å². The highest BCUT2D eigenvalue weighted by Gasteiger charge is 2.26. The summed E-state index contributed by atoms with van der Waals surface area (Å²) >= 11 is 0. The predicted molar refractivity (Wildman–Crippen MR) is 122 cm³/mol. The van der Waals surface area contributed by atoms with Gasteiger partial charge in [0.1, 0.15) is 5.75 Å². The minimum absolute atomic E-state index is 0.135. The maximum Gasteiger partial charge on any atom is 0.338 e.